The lowest BCUT2D eigenvalue weighted by Gasteiger charge is -2.10. The highest BCUT2D eigenvalue weighted by Crippen LogP contribution is 2.14. The van der Waals surface area contributed by atoms with Crippen LogP contribution in [0.4, 0.5) is 4.39 Å². The molecule has 1 unspecified atom stereocenters. The highest BCUT2D eigenvalue weighted by Gasteiger charge is 2.17. The lowest BCUT2D eigenvalue weighted by atomic mass is 10.0. The Bertz CT molecular complexity index is 496. The molecule has 1 atom stereocenters. The topological polar surface area (TPSA) is 52.9 Å². The first-order valence-electron chi connectivity index (χ1n) is 5.21. The van der Waals surface area contributed by atoms with Crippen LogP contribution in [0.25, 0.3) is 0 Å². The van der Waals surface area contributed by atoms with Gasteiger partial charge in [0.15, 0.2) is 0 Å². The van der Waals surface area contributed by atoms with Crippen molar-refractivity contribution in [2.24, 2.45) is 0 Å². The van der Waals surface area contributed by atoms with E-state index in [2.05, 4.69) is 18.0 Å². The zero-order valence-electron chi connectivity index (χ0n) is 9.54. The summed E-state index contributed by atoms with van der Waals surface area (Å²) in [4.78, 5) is 11.5. The van der Waals surface area contributed by atoms with Gasteiger partial charge < -0.3 is 5.32 Å². The normalized spacial score (nSPS) is 11.4. The molecule has 1 N–H and O–H groups in total. The number of nitrogens with zero attached hydrogens (tertiary/aromatic N) is 1. The molecule has 0 spiro atoms. The standard InChI is InChI=1S/C13H11ClFN2O/c1-2-5-17-13(18)12(14)7-9-3-4-11(15)6-10(9)8-16/h2-3,6,12H,1,5,7H2,(H,17,18). The molecule has 0 saturated carbocycles. The van der Waals surface area contributed by atoms with Crippen molar-refractivity contribution >= 4 is 17.5 Å². The van der Waals surface area contributed by atoms with Crippen molar-refractivity contribution in [2.45, 2.75) is 11.8 Å². The third-order valence-electron chi connectivity index (χ3n) is 2.23. The molecule has 1 rings (SSSR count). The highest BCUT2D eigenvalue weighted by atomic mass is 35.5. The Hall–Kier alpha value is -1.86. The number of carbonyl (C=O) groups is 1. The molecule has 93 valence electrons. The van der Waals surface area contributed by atoms with E-state index in [9.17, 15) is 9.18 Å². The summed E-state index contributed by atoms with van der Waals surface area (Å²) in [5.74, 6) is -0.970. The number of hydrogen-bond acceptors (Lipinski definition) is 2. The first kappa shape index (κ1) is 14.2. The van der Waals surface area contributed by atoms with Crippen LogP contribution in [0.15, 0.2) is 24.8 Å². The first-order chi connectivity index (χ1) is 8.58. The largest absolute Gasteiger partial charge is 0.351 e. The maximum absolute atomic E-state index is 12.9. The summed E-state index contributed by atoms with van der Waals surface area (Å²) in [6.45, 7) is 3.79. The van der Waals surface area contributed by atoms with E-state index in [-0.39, 0.29) is 17.9 Å². The second-order valence-corrected chi connectivity index (χ2v) is 4.06. The van der Waals surface area contributed by atoms with E-state index < -0.39 is 11.2 Å². The van der Waals surface area contributed by atoms with Gasteiger partial charge in [-0.3, -0.25) is 4.79 Å². The maximum atomic E-state index is 12.9. The number of alkyl halides is 1. The third kappa shape index (κ3) is 3.86. The van der Waals surface area contributed by atoms with Gasteiger partial charge in [-0.05, 0) is 24.1 Å². The van der Waals surface area contributed by atoms with Crippen LogP contribution in [0.1, 0.15) is 11.1 Å². The fourth-order valence-electron chi connectivity index (χ4n) is 1.34. The second-order valence-electron chi connectivity index (χ2n) is 3.54. The molecule has 0 aliphatic rings. The molecule has 3 nitrogen and oxygen atoms in total. The summed E-state index contributed by atoms with van der Waals surface area (Å²) in [5, 5.41) is 10.6. The molecule has 0 saturated heterocycles. The molecule has 1 amide bonds. The minimum Gasteiger partial charge on any atom is -0.351 e. The number of rotatable bonds is 5. The lowest BCUT2D eigenvalue weighted by Crippen LogP contribution is -2.32. The Morgan fingerprint density at radius 2 is 2.50 bits per heavy atom. The minimum atomic E-state index is -0.823. The van der Waals surface area contributed by atoms with Crippen LogP contribution >= 0.6 is 11.6 Å². The summed E-state index contributed by atoms with van der Waals surface area (Å²) >= 11 is 5.91. The van der Waals surface area contributed by atoms with Crippen LogP contribution in [0.2, 0.25) is 0 Å². The van der Waals surface area contributed by atoms with Crippen molar-refractivity contribution in [3.05, 3.63) is 47.8 Å². The summed E-state index contributed by atoms with van der Waals surface area (Å²) in [7, 11) is 0. The highest BCUT2D eigenvalue weighted by molar-refractivity contribution is 6.30. The molecule has 0 bridgehead atoms. The van der Waals surface area contributed by atoms with Gasteiger partial charge in [-0.25, -0.2) is 4.39 Å². The zero-order valence-corrected chi connectivity index (χ0v) is 10.3. The number of hydrogen-bond donors (Lipinski definition) is 1. The van der Waals surface area contributed by atoms with Gasteiger partial charge in [0.1, 0.15) is 11.2 Å². The Labute approximate surface area is 110 Å². The Balaban J connectivity index is 2.75. The third-order valence-corrected chi connectivity index (χ3v) is 2.58. The summed E-state index contributed by atoms with van der Waals surface area (Å²) in [6, 6.07) is 6.60. The van der Waals surface area contributed by atoms with Crippen LogP contribution in [-0.2, 0) is 11.2 Å². The van der Waals surface area contributed by atoms with Crippen molar-refractivity contribution in [3.8, 4) is 6.07 Å². The molecule has 18 heavy (non-hydrogen) atoms. The minimum absolute atomic E-state index is 0.143. The molecule has 5 heteroatoms. The molecule has 0 aliphatic carbocycles. The summed E-state index contributed by atoms with van der Waals surface area (Å²) < 4.78 is 12.9. The number of carbonyl (C=O) groups excluding carboxylic acids is 1. The number of benzene rings is 1. The Kier molecular flexibility index (Phi) is 5.34. The second kappa shape index (κ2) is 6.77. The smallest absolute Gasteiger partial charge is 0.238 e. The van der Waals surface area contributed by atoms with Gasteiger partial charge in [0.25, 0.3) is 0 Å². The van der Waals surface area contributed by atoms with Gasteiger partial charge in [-0.2, -0.15) is 5.26 Å². The molecular weight excluding hydrogens is 255 g/mol. The number of amides is 1. The predicted molar refractivity (Wildman–Crippen MR) is 66.5 cm³/mol. The van der Waals surface area contributed by atoms with E-state index in [4.69, 9.17) is 16.9 Å². The van der Waals surface area contributed by atoms with Crippen molar-refractivity contribution in [1.82, 2.24) is 5.32 Å². The predicted octanol–water partition coefficient (Wildman–Crippen LogP) is 1.95. The van der Waals surface area contributed by atoms with Gasteiger partial charge >= 0.3 is 0 Å². The van der Waals surface area contributed by atoms with E-state index in [1.165, 1.54) is 12.1 Å². The average molecular weight is 266 g/mol. The van der Waals surface area contributed by atoms with Crippen molar-refractivity contribution in [3.63, 3.8) is 0 Å². The van der Waals surface area contributed by atoms with Crippen molar-refractivity contribution in [1.29, 1.82) is 5.26 Å². The van der Waals surface area contributed by atoms with Crippen LogP contribution in [0.3, 0.4) is 0 Å². The molecule has 1 radical (unpaired) electrons. The summed E-state index contributed by atoms with van der Waals surface area (Å²) in [5.41, 5.74) is 0.654. The molecule has 1 aromatic carbocycles. The fourth-order valence-corrected chi connectivity index (χ4v) is 1.58. The SMILES string of the molecule is C=CCNC(=O)C(Cl)Cc1c[c]c(F)cc1C#N. The molecule has 1 aromatic rings. The quantitative estimate of drug-likeness (QED) is 0.653. The fraction of sp³-hybridized carbons (Fsp3) is 0.231. The van der Waals surface area contributed by atoms with Crippen LogP contribution in [0, 0.1) is 23.2 Å². The van der Waals surface area contributed by atoms with Crippen LogP contribution in [-0.4, -0.2) is 17.8 Å². The number of halogens is 2. The average Bonchev–Trinajstić information content (AvgIpc) is 2.37. The number of nitriles is 1. The van der Waals surface area contributed by atoms with Crippen LogP contribution < -0.4 is 5.32 Å². The first-order valence-corrected chi connectivity index (χ1v) is 5.65. The van der Waals surface area contributed by atoms with Crippen molar-refractivity contribution < 1.29 is 9.18 Å². The zero-order chi connectivity index (χ0) is 13.5. The van der Waals surface area contributed by atoms with E-state index in [1.54, 1.807) is 0 Å². The lowest BCUT2D eigenvalue weighted by molar-refractivity contribution is -0.120. The van der Waals surface area contributed by atoms with E-state index in [0.717, 1.165) is 6.07 Å². The van der Waals surface area contributed by atoms with Gasteiger partial charge in [0.05, 0.1) is 11.6 Å². The van der Waals surface area contributed by atoms with Crippen molar-refractivity contribution in [2.75, 3.05) is 6.54 Å². The molecule has 0 fully saturated rings. The summed E-state index contributed by atoms with van der Waals surface area (Å²) in [6.07, 6.45) is 1.68. The van der Waals surface area contributed by atoms with Gasteiger partial charge in [0, 0.05) is 12.6 Å². The van der Waals surface area contributed by atoms with E-state index in [0.29, 0.717) is 12.1 Å². The van der Waals surface area contributed by atoms with E-state index >= 15 is 0 Å². The Morgan fingerprint density at radius 1 is 1.78 bits per heavy atom. The molecule has 0 heterocycles. The monoisotopic (exact) mass is 265 g/mol. The van der Waals surface area contributed by atoms with Gasteiger partial charge in [-0.1, -0.05) is 6.08 Å². The van der Waals surface area contributed by atoms with E-state index in [1.807, 2.05) is 6.07 Å². The van der Waals surface area contributed by atoms with Gasteiger partial charge in [0.2, 0.25) is 5.91 Å². The molecule has 0 aliphatic heterocycles. The number of nitrogens with one attached hydrogen (secondary N) is 1. The molecular formula is C13H11ClFN2O. The Morgan fingerprint density at radius 3 is 3.11 bits per heavy atom. The maximum Gasteiger partial charge on any atom is 0.238 e. The molecule has 0 aromatic heterocycles. The van der Waals surface area contributed by atoms with Gasteiger partial charge in [-0.15, -0.1) is 18.2 Å². The van der Waals surface area contributed by atoms with Crippen LogP contribution in [0.5, 0.6) is 0 Å².